The molecule has 0 spiro atoms. The lowest BCUT2D eigenvalue weighted by Gasteiger charge is -2.05. The summed E-state index contributed by atoms with van der Waals surface area (Å²) in [6.45, 7) is 0. The molecule has 0 aliphatic carbocycles. The number of hydrogen-bond acceptors (Lipinski definition) is 6. The van der Waals surface area contributed by atoms with Gasteiger partial charge in [-0.3, -0.25) is 0 Å². The fourth-order valence-corrected chi connectivity index (χ4v) is 2.78. The lowest BCUT2D eigenvalue weighted by molar-refractivity contribution is 0.598. The van der Waals surface area contributed by atoms with E-state index in [0.29, 0.717) is 5.16 Å². The lowest BCUT2D eigenvalue weighted by atomic mass is 10.3. The second kappa shape index (κ2) is 4.59. The van der Waals surface area contributed by atoms with Crippen LogP contribution in [0.15, 0.2) is 39.5 Å². The summed E-state index contributed by atoms with van der Waals surface area (Å²) < 4.78 is 24.1. The minimum atomic E-state index is -3.79. The van der Waals surface area contributed by atoms with Gasteiger partial charge < -0.3 is 10.3 Å². The van der Waals surface area contributed by atoms with Crippen molar-refractivity contribution in [3.05, 3.63) is 24.5 Å². The van der Waals surface area contributed by atoms with Gasteiger partial charge in [-0.25, -0.2) is 13.6 Å². The van der Waals surface area contributed by atoms with Gasteiger partial charge in [-0.15, -0.1) is 10.2 Å². The molecule has 2 rings (SSSR count). The first-order valence-electron chi connectivity index (χ1n) is 4.82. The van der Waals surface area contributed by atoms with Gasteiger partial charge in [0.25, 0.3) is 0 Å². The summed E-state index contributed by atoms with van der Waals surface area (Å²) in [4.78, 5) is 0.681. The van der Waals surface area contributed by atoms with E-state index >= 15 is 0 Å². The van der Waals surface area contributed by atoms with Crippen LogP contribution in [0.5, 0.6) is 0 Å². The molecule has 0 aliphatic heterocycles. The average Bonchev–Trinajstić information content (AvgIpc) is 2.62. The molecule has 1 heterocycles. The third-order valence-corrected chi connectivity index (χ3v) is 4.19. The minimum absolute atomic E-state index is 0.0789. The monoisotopic (exact) mass is 285 g/mol. The number of benzene rings is 1. The summed E-state index contributed by atoms with van der Waals surface area (Å²) in [6.07, 6.45) is 1.57. The molecular formula is C9H11N5O2S2. The number of rotatable bonds is 3. The molecule has 0 bridgehead atoms. The highest BCUT2D eigenvalue weighted by Gasteiger charge is 2.13. The van der Waals surface area contributed by atoms with E-state index in [1.165, 1.54) is 17.8 Å². The third-order valence-electron chi connectivity index (χ3n) is 2.17. The SMILES string of the molecule is Cn1cnnc1Sc1ccc(S(N)(=O)=O)c(N)c1. The van der Waals surface area contributed by atoms with Gasteiger partial charge in [-0.05, 0) is 30.0 Å². The van der Waals surface area contributed by atoms with Crippen LogP contribution in [0.4, 0.5) is 5.69 Å². The highest BCUT2D eigenvalue weighted by Crippen LogP contribution is 2.29. The van der Waals surface area contributed by atoms with Crippen LogP contribution in [0.25, 0.3) is 0 Å². The summed E-state index contributed by atoms with van der Waals surface area (Å²) >= 11 is 1.33. The molecule has 0 saturated heterocycles. The molecular weight excluding hydrogens is 274 g/mol. The summed E-state index contributed by atoms with van der Waals surface area (Å²) in [5.41, 5.74) is 5.77. The van der Waals surface area contributed by atoms with E-state index in [4.69, 9.17) is 10.9 Å². The number of nitrogens with zero attached hydrogens (tertiary/aromatic N) is 3. The Balaban J connectivity index is 2.33. The van der Waals surface area contributed by atoms with Crippen LogP contribution in [0.3, 0.4) is 0 Å². The molecule has 0 unspecified atom stereocenters. The largest absolute Gasteiger partial charge is 0.398 e. The van der Waals surface area contributed by atoms with Crippen molar-refractivity contribution in [1.29, 1.82) is 0 Å². The summed E-state index contributed by atoms with van der Waals surface area (Å²) in [7, 11) is -1.98. The highest BCUT2D eigenvalue weighted by atomic mass is 32.2. The first kappa shape index (κ1) is 12.9. The van der Waals surface area contributed by atoms with Crippen molar-refractivity contribution in [3.8, 4) is 0 Å². The Morgan fingerprint density at radius 3 is 2.61 bits per heavy atom. The maximum Gasteiger partial charge on any atom is 0.240 e. The molecule has 1 aromatic heterocycles. The molecule has 2 aromatic rings. The number of aryl methyl sites for hydroxylation is 1. The molecule has 1 aromatic carbocycles. The average molecular weight is 285 g/mol. The molecule has 0 fully saturated rings. The normalized spacial score (nSPS) is 11.7. The van der Waals surface area contributed by atoms with Gasteiger partial charge >= 0.3 is 0 Å². The highest BCUT2D eigenvalue weighted by molar-refractivity contribution is 7.99. The van der Waals surface area contributed by atoms with Gasteiger partial charge in [0.05, 0.1) is 5.69 Å². The van der Waals surface area contributed by atoms with Gasteiger partial charge in [0.15, 0.2) is 5.16 Å². The van der Waals surface area contributed by atoms with E-state index in [-0.39, 0.29) is 10.6 Å². The van der Waals surface area contributed by atoms with Gasteiger partial charge in [0.1, 0.15) is 11.2 Å². The van der Waals surface area contributed by atoms with Crippen LogP contribution in [-0.4, -0.2) is 23.2 Å². The first-order chi connectivity index (χ1) is 8.38. The molecule has 0 radical (unpaired) electrons. The Labute approximate surface area is 108 Å². The van der Waals surface area contributed by atoms with Crippen molar-refractivity contribution >= 4 is 27.5 Å². The summed E-state index contributed by atoms with van der Waals surface area (Å²) in [5.74, 6) is 0. The third kappa shape index (κ3) is 2.63. The van der Waals surface area contributed by atoms with Gasteiger partial charge in [0.2, 0.25) is 10.0 Å². The second-order valence-corrected chi connectivity index (χ2v) is 6.14. The molecule has 4 N–H and O–H groups in total. The molecule has 96 valence electrons. The number of nitrogen functional groups attached to an aromatic ring is 1. The summed E-state index contributed by atoms with van der Waals surface area (Å²) in [5, 5.41) is 13.4. The van der Waals surface area contributed by atoms with Gasteiger partial charge in [-0.1, -0.05) is 0 Å². The van der Waals surface area contributed by atoms with Crippen molar-refractivity contribution in [2.75, 3.05) is 5.73 Å². The van der Waals surface area contributed by atoms with E-state index in [1.54, 1.807) is 23.0 Å². The second-order valence-electron chi connectivity index (χ2n) is 3.57. The van der Waals surface area contributed by atoms with Gasteiger partial charge in [-0.2, -0.15) is 0 Å². The maximum atomic E-state index is 11.2. The predicted octanol–water partition coefficient (Wildman–Crippen LogP) is 0.196. The molecule has 0 saturated carbocycles. The Morgan fingerprint density at radius 2 is 2.11 bits per heavy atom. The minimum Gasteiger partial charge on any atom is -0.398 e. The van der Waals surface area contributed by atoms with Crippen LogP contribution in [0.1, 0.15) is 0 Å². The fourth-order valence-electron chi connectivity index (χ4n) is 1.32. The quantitative estimate of drug-likeness (QED) is 0.778. The van der Waals surface area contributed by atoms with Crippen molar-refractivity contribution in [2.45, 2.75) is 14.9 Å². The Bertz CT molecular complexity index is 680. The first-order valence-corrected chi connectivity index (χ1v) is 7.18. The van der Waals surface area contributed by atoms with E-state index in [2.05, 4.69) is 10.2 Å². The number of sulfonamides is 1. The Hall–Kier alpha value is -1.58. The van der Waals surface area contributed by atoms with Crippen LogP contribution in [0.2, 0.25) is 0 Å². The molecule has 0 aliphatic rings. The molecule has 0 amide bonds. The van der Waals surface area contributed by atoms with E-state index < -0.39 is 10.0 Å². The number of nitrogens with two attached hydrogens (primary N) is 2. The smallest absolute Gasteiger partial charge is 0.240 e. The zero-order valence-corrected chi connectivity index (χ0v) is 11.1. The fraction of sp³-hybridized carbons (Fsp3) is 0.111. The number of aromatic nitrogens is 3. The summed E-state index contributed by atoms with van der Waals surface area (Å²) in [6, 6.07) is 4.54. The molecule has 18 heavy (non-hydrogen) atoms. The lowest BCUT2D eigenvalue weighted by Crippen LogP contribution is -2.14. The van der Waals surface area contributed by atoms with E-state index in [9.17, 15) is 8.42 Å². The number of anilines is 1. The van der Waals surface area contributed by atoms with E-state index in [1.807, 2.05) is 7.05 Å². The van der Waals surface area contributed by atoms with Crippen LogP contribution in [0, 0.1) is 0 Å². The topological polar surface area (TPSA) is 117 Å². The Kier molecular flexibility index (Phi) is 3.28. The molecule has 0 atom stereocenters. The number of hydrogen-bond donors (Lipinski definition) is 2. The van der Waals surface area contributed by atoms with Crippen molar-refractivity contribution in [3.63, 3.8) is 0 Å². The van der Waals surface area contributed by atoms with Crippen molar-refractivity contribution in [2.24, 2.45) is 12.2 Å². The molecule has 7 nitrogen and oxygen atoms in total. The van der Waals surface area contributed by atoms with Crippen LogP contribution in [-0.2, 0) is 17.1 Å². The standard InChI is InChI=1S/C9H11N5O2S2/c1-14-5-12-13-9(14)17-6-2-3-8(7(10)4-6)18(11,15)16/h2-5H,10H2,1H3,(H2,11,15,16). The molecule has 9 heteroatoms. The van der Waals surface area contributed by atoms with E-state index in [0.717, 1.165) is 4.90 Å². The predicted molar refractivity (Wildman–Crippen MR) is 67.4 cm³/mol. The van der Waals surface area contributed by atoms with Gasteiger partial charge in [0, 0.05) is 11.9 Å². The zero-order valence-electron chi connectivity index (χ0n) is 9.44. The maximum absolute atomic E-state index is 11.2. The van der Waals surface area contributed by atoms with Crippen molar-refractivity contribution in [1.82, 2.24) is 14.8 Å². The van der Waals surface area contributed by atoms with Crippen LogP contribution >= 0.6 is 11.8 Å². The number of primary sulfonamides is 1. The van der Waals surface area contributed by atoms with Crippen LogP contribution < -0.4 is 10.9 Å². The Morgan fingerprint density at radius 1 is 1.39 bits per heavy atom. The zero-order chi connectivity index (χ0) is 13.3. The van der Waals surface area contributed by atoms with Crippen molar-refractivity contribution < 1.29 is 8.42 Å².